The summed E-state index contributed by atoms with van der Waals surface area (Å²) in [6.45, 7) is 3.96. The molecule has 0 aromatic carbocycles. The number of carbonyl (C=O) groups is 1. The zero-order valence-electron chi connectivity index (χ0n) is 13.4. The smallest absolute Gasteiger partial charge is 0.255 e. The molecule has 0 spiro atoms. The molecular formula is C16H20N4O3. The Bertz CT molecular complexity index is 728. The standard InChI is InChI=1S/C16H20N4O3/c1-10(9-23-3)18-14(21)8-12-11(2)19-15(20-16(12)22)13-6-4-5-7-17-13/h4-7,10H,8-9H2,1-3H3,(H,18,21)(H,19,20,22)/t10-/m0/s1. The second kappa shape index (κ2) is 7.64. The first-order valence-electron chi connectivity index (χ1n) is 7.30. The largest absolute Gasteiger partial charge is 0.383 e. The van der Waals surface area contributed by atoms with E-state index in [1.54, 1.807) is 32.4 Å². The van der Waals surface area contributed by atoms with Crippen molar-refractivity contribution in [3.05, 3.63) is 46.0 Å². The van der Waals surface area contributed by atoms with Crippen LogP contribution in [-0.2, 0) is 16.0 Å². The van der Waals surface area contributed by atoms with Crippen molar-refractivity contribution in [3.63, 3.8) is 0 Å². The molecule has 0 fully saturated rings. The number of aromatic nitrogens is 3. The first-order valence-corrected chi connectivity index (χ1v) is 7.30. The zero-order valence-corrected chi connectivity index (χ0v) is 13.4. The predicted octanol–water partition coefficient (Wildman–Crippen LogP) is 0.834. The summed E-state index contributed by atoms with van der Waals surface area (Å²) in [5.74, 6) is 0.153. The van der Waals surface area contributed by atoms with Crippen LogP contribution in [0.3, 0.4) is 0 Å². The summed E-state index contributed by atoms with van der Waals surface area (Å²) in [7, 11) is 1.57. The second-order valence-electron chi connectivity index (χ2n) is 5.29. The van der Waals surface area contributed by atoms with Gasteiger partial charge in [-0.1, -0.05) is 6.07 Å². The van der Waals surface area contributed by atoms with Crippen LogP contribution in [0.25, 0.3) is 11.5 Å². The maximum atomic E-state index is 12.3. The molecule has 1 amide bonds. The first kappa shape index (κ1) is 16.8. The van der Waals surface area contributed by atoms with Gasteiger partial charge in [-0.05, 0) is 26.0 Å². The zero-order chi connectivity index (χ0) is 16.8. The van der Waals surface area contributed by atoms with E-state index in [0.29, 0.717) is 29.4 Å². The third-order valence-electron chi connectivity index (χ3n) is 3.29. The highest BCUT2D eigenvalue weighted by Gasteiger charge is 2.15. The molecule has 2 aromatic rings. The van der Waals surface area contributed by atoms with Gasteiger partial charge in [-0.3, -0.25) is 14.6 Å². The molecule has 0 saturated carbocycles. The van der Waals surface area contributed by atoms with E-state index in [1.165, 1.54) is 0 Å². The van der Waals surface area contributed by atoms with Crippen molar-refractivity contribution in [2.24, 2.45) is 0 Å². The fourth-order valence-electron chi connectivity index (χ4n) is 2.22. The number of methoxy groups -OCH3 is 1. The van der Waals surface area contributed by atoms with Gasteiger partial charge in [0, 0.05) is 30.6 Å². The molecule has 2 aromatic heterocycles. The molecular weight excluding hydrogens is 296 g/mol. The summed E-state index contributed by atoms with van der Waals surface area (Å²) in [4.78, 5) is 35.4. The maximum Gasteiger partial charge on any atom is 0.255 e. The fourth-order valence-corrected chi connectivity index (χ4v) is 2.22. The number of nitrogens with one attached hydrogen (secondary N) is 2. The molecule has 0 aliphatic heterocycles. The Morgan fingerprint density at radius 3 is 2.83 bits per heavy atom. The Morgan fingerprint density at radius 1 is 1.43 bits per heavy atom. The maximum absolute atomic E-state index is 12.3. The highest BCUT2D eigenvalue weighted by Crippen LogP contribution is 2.11. The van der Waals surface area contributed by atoms with Gasteiger partial charge in [0.05, 0.1) is 13.0 Å². The number of aromatic amines is 1. The van der Waals surface area contributed by atoms with Crippen molar-refractivity contribution >= 4 is 5.91 Å². The average Bonchev–Trinajstić information content (AvgIpc) is 2.51. The van der Waals surface area contributed by atoms with Gasteiger partial charge in [0.2, 0.25) is 5.91 Å². The molecule has 0 unspecified atom stereocenters. The van der Waals surface area contributed by atoms with Crippen LogP contribution in [0.2, 0.25) is 0 Å². The van der Waals surface area contributed by atoms with Crippen molar-refractivity contribution in [1.82, 2.24) is 20.3 Å². The number of H-pyrrole nitrogens is 1. The molecule has 23 heavy (non-hydrogen) atoms. The van der Waals surface area contributed by atoms with Crippen molar-refractivity contribution in [1.29, 1.82) is 0 Å². The quantitative estimate of drug-likeness (QED) is 0.823. The predicted molar refractivity (Wildman–Crippen MR) is 86.0 cm³/mol. The van der Waals surface area contributed by atoms with Gasteiger partial charge in [-0.15, -0.1) is 0 Å². The van der Waals surface area contributed by atoms with Gasteiger partial charge in [-0.2, -0.15) is 0 Å². The van der Waals surface area contributed by atoms with Crippen LogP contribution in [0.1, 0.15) is 18.2 Å². The number of nitrogens with zero attached hydrogens (tertiary/aromatic N) is 2. The molecule has 0 aliphatic carbocycles. The molecule has 0 saturated heterocycles. The van der Waals surface area contributed by atoms with Crippen LogP contribution in [-0.4, -0.2) is 40.6 Å². The lowest BCUT2D eigenvalue weighted by molar-refractivity contribution is -0.121. The van der Waals surface area contributed by atoms with Crippen LogP contribution in [0.4, 0.5) is 0 Å². The molecule has 0 radical (unpaired) electrons. The van der Waals surface area contributed by atoms with Gasteiger partial charge in [-0.25, -0.2) is 4.98 Å². The molecule has 1 atom stereocenters. The van der Waals surface area contributed by atoms with Gasteiger partial charge in [0.1, 0.15) is 5.69 Å². The molecule has 0 bridgehead atoms. The minimum atomic E-state index is -0.326. The lowest BCUT2D eigenvalue weighted by Gasteiger charge is -2.13. The highest BCUT2D eigenvalue weighted by molar-refractivity contribution is 5.79. The number of aryl methyl sites for hydroxylation is 1. The Morgan fingerprint density at radius 2 is 2.22 bits per heavy atom. The Labute approximate surface area is 134 Å². The SMILES string of the molecule is COC[C@H](C)NC(=O)Cc1c(C)nc(-c2ccccn2)[nH]c1=O. The molecule has 2 N–H and O–H groups in total. The number of ether oxygens (including phenoxy) is 1. The van der Waals surface area contributed by atoms with E-state index in [2.05, 4.69) is 20.3 Å². The summed E-state index contributed by atoms with van der Waals surface area (Å²) in [6, 6.07) is 5.24. The number of hydrogen-bond acceptors (Lipinski definition) is 5. The van der Waals surface area contributed by atoms with Crippen LogP contribution in [0, 0.1) is 6.92 Å². The van der Waals surface area contributed by atoms with Gasteiger partial charge >= 0.3 is 0 Å². The van der Waals surface area contributed by atoms with Crippen LogP contribution in [0.15, 0.2) is 29.2 Å². The molecule has 2 heterocycles. The van der Waals surface area contributed by atoms with Crippen LogP contribution in [0.5, 0.6) is 0 Å². The lowest BCUT2D eigenvalue weighted by Crippen LogP contribution is -2.37. The molecule has 2 rings (SSSR count). The Hall–Kier alpha value is -2.54. The summed E-state index contributed by atoms with van der Waals surface area (Å²) in [5.41, 5.74) is 1.13. The fraction of sp³-hybridized carbons (Fsp3) is 0.375. The number of amides is 1. The Kier molecular flexibility index (Phi) is 5.59. The van der Waals surface area contributed by atoms with Crippen molar-refractivity contribution < 1.29 is 9.53 Å². The van der Waals surface area contributed by atoms with E-state index in [-0.39, 0.29) is 23.9 Å². The third kappa shape index (κ3) is 4.46. The van der Waals surface area contributed by atoms with E-state index in [9.17, 15) is 9.59 Å². The lowest BCUT2D eigenvalue weighted by atomic mass is 10.1. The number of hydrogen-bond donors (Lipinski definition) is 2. The van der Waals surface area contributed by atoms with E-state index < -0.39 is 0 Å². The third-order valence-corrected chi connectivity index (χ3v) is 3.29. The average molecular weight is 316 g/mol. The van der Waals surface area contributed by atoms with Gasteiger partial charge in [0.25, 0.3) is 5.56 Å². The van der Waals surface area contributed by atoms with E-state index in [1.807, 2.05) is 13.0 Å². The highest BCUT2D eigenvalue weighted by atomic mass is 16.5. The Balaban J connectivity index is 2.18. The molecule has 0 aliphatic rings. The van der Waals surface area contributed by atoms with E-state index in [4.69, 9.17) is 4.74 Å². The van der Waals surface area contributed by atoms with E-state index >= 15 is 0 Å². The summed E-state index contributed by atoms with van der Waals surface area (Å²) >= 11 is 0. The molecule has 7 nitrogen and oxygen atoms in total. The normalized spacial score (nSPS) is 12.0. The summed E-state index contributed by atoms with van der Waals surface area (Å²) < 4.78 is 4.96. The minimum Gasteiger partial charge on any atom is -0.383 e. The van der Waals surface area contributed by atoms with E-state index in [0.717, 1.165) is 0 Å². The van der Waals surface area contributed by atoms with Crippen LogP contribution < -0.4 is 10.9 Å². The first-order chi connectivity index (χ1) is 11.0. The number of rotatable bonds is 6. The van der Waals surface area contributed by atoms with Crippen molar-refractivity contribution in [2.75, 3.05) is 13.7 Å². The summed E-state index contributed by atoms with van der Waals surface area (Å²) in [6.07, 6.45) is 1.61. The molecule has 122 valence electrons. The second-order valence-corrected chi connectivity index (χ2v) is 5.29. The van der Waals surface area contributed by atoms with Crippen LogP contribution >= 0.6 is 0 Å². The topological polar surface area (TPSA) is 97.0 Å². The number of pyridine rings is 1. The monoisotopic (exact) mass is 316 g/mol. The van der Waals surface area contributed by atoms with Crippen molar-refractivity contribution in [3.8, 4) is 11.5 Å². The van der Waals surface area contributed by atoms with Crippen molar-refractivity contribution in [2.45, 2.75) is 26.3 Å². The minimum absolute atomic E-state index is 0.0231. The summed E-state index contributed by atoms with van der Waals surface area (Å²) in [5, 5.41) is 2.77. The van der Waals surface area contributed by atoms with Gasteiger partial charge < -0.3 is 15.0 Å². The molecule has 7 heteroatoms. The number of carbonyl (C=O) groups excluding carboxylic acids is 1. The van der Waals surface area contributed by atoms with Gasteiger partial charge in [0.15, 0.2) is 5.82 Å².